The Morgan fingerprint density at radius 2 is 2.10 bits per heavy atom. The Kier molecular flexibility index (Phi) is 7.42. The van der Waals surface area contributed by atoms with Crippen LogP contribution in [0.25, 0.3) is 10.2 Å². The van der Waals surface area contributed by atoms with Crippen molar-refractivity contribution in [3.05, 3.63) is 27.1 Å². The smallest absolute Gasteiger partial charge is 0.310 e. The van der Waals surface area contributed by atoms with E-state index in [1.165, 1.54) is 22.2 Å². The lowest BCUT2D eigenvalue weighted by Gasteiger charge is -2.31. The van der Waals surface area contributed by atoms with Gasteiger partial charge in [-0.05, 0) is 38.7 Å². The maximum Gasteiger partial charge on any atom is 0.310 e. The first-order valence-electron chi connectivity index (χ1n) is 10.6. The number of fused-ring (bicyclic) bond motifs is 1. The molecule has 0 aromatic carbocycles. The minimum absolute atomic E-state index is 0.117. The van der Waals surface area contributed by atoms with Gasteiger partial charge in [0.15, 0.2) is 0 Å². The molecule has 1 aliphatic heterocycles. The quantitative estimate of drug-likeness (QED) is 0.646. The number of hydrogen-bond acceptors (Lipinski definition) is 7. The number of piperidine rings is 1. The highest BCUT2D eigenvalue weighted by molar-refractivity contribution is 7.20. The number of amides is 2. The summed E-state index contributed by atoms with van der Waals surface area (Å²) in [4.78, 5) is 57.1. The molecule has 1 aliphatic rings. The molecule has 9 nitrogen and oxygen atoms in total. The summed E-state index contributed by atoms with van der Waals surface area (Å²) in [6, 6.07) is 0. The van der Waals surface area contributed by atoms with Gasteiger partial charge in [-0.1, -0.05) is 6.92 Å². The zero-order valence-corrected chi connectivity index (χ0v) is 18.9. The Morgan fingerprint density at radius 3 is 2.81 bits per heavy atom. The topological polar surface area (TPSA) is 111 Å². The van der Waals surface area contributed by atoms with Crippen LogP contribution in [0.1, 0.15) is 48.3 Å². The minimum Gasteiger partial charge on any atom is -0.466 e. The molecule has 0 aliphatic carbocycles. The number of carbonyl (C=O) groups is 3. The number of nitrogens with zero attached hydrogens (tertiary/aromatic N) is 3. The first kappa shape index (κ1) is 22.9. The lowest BCUT2D eigenvalue weighted by atomic mass is 9.98. The summed E-state index contributed by atoms with van der Waals surface area (Å²) < 4.78 is 6.37. The third-order valence-electron chi connectivity index (χ3n) is 5.33. The molecular weight excluding hydrogens is 420 g/mol. The van der Waals surface area contributed by atoms with Crippen LogP contribution in [0.5, 0.6) is 0 Å². The molecule has 0 bridgehead atoms. The van der Waals surface area contributed by atoms with Crippen LogP contribution in [-0.2, 0) is 20.9 Å². The Bertz CT molecular complexity index is 1040. The summed E-state index contributed by atoms with van der Waals surface area (Å²) in [5.74, 6) is -1.07. The summed E-state index contributed by atoms with van der Waals surface area (Å²) in [6.07, 6.45) is 3.57. The highest BCUT2D eigenvalue weighted by atomic mass is 32.1. The van der Waals surface area contributed by atoms with Crippen molar-refractivity contribution in [2.24, 2.45) is 5.92 Å². The minimum atomic E-state index is -0.340. The van der Waals surface area contributed by atoms with Crippen LogP contribution in [0, 0.1) is 12.8 Å². The molecule has 2 amide bonds. The SMILES string of the molecule is CCCNC(=O)Cn1cnc2sc(C(=O)N3CCC[C@@H](C(=O)OCC)C3)c(C)c2c1=O. The van der Waals surface area contributed by atoms with E-state index in [1.807, 2.05) is 6.92 Å². The van der Waals surface area contributed by atoms with Crippen LogP contribution in [0.15, 0.2) is 11.1 Å². The maximum absolute atomic E-state index is 13.2. The van der Waals surface area contributed by atoms with Gasteiger partial charge in [-0.3, -0.25) is 23.7 Å². The van der Waals surface area contributed by atoms with Crippen molar-refractivity contribution in [1.29, 1.82) is 0 Å². The normalized spacial score (nSPS) is 16.4. The fraction of sp³-hybridized carbons (Fsp3) is 0.571. The fourth-order valence-electron chi connectivity index (χ4n) is 3.71. The number of carbonyl (C=O) groups excluding carboxylic acids is 3. The van der Waals surface area contributed by atoms with E-state index in [0.29, 0.717) is 53.3 Å². The second-order valence-corrected chi connectivity index (χ2v) is 8.61. The summed E-state index contributed by atoms with van der Waals surface area (Å²) >= 11 is 1.17. The van der Waals surface area contributed by atoms with Gasteiger partial charge < -0.3 is 15.0 Å². The Labute approximate surface area is 184 Å². The lowest BCUT2D eigenvalue weighted by Crippen LogP contribution is -2.42. The molecular formula is C21H28N4O5S. The predicted octanol–water partition coefficient (Wildman–Crippen LogP) is 1.71. The monoisotopic (exact) mass is 448 g/mol. The molecule has 1 N–H and O–H groups in total. The van der Waals surface area contributed by atoms with Gasteiger partial charge in [0.1, 0.15) is 11.4 Å². The summed E-state index contributed by atoms with van der Waals surface area (Å²) in [5, 5.41) is 3.10. The van der Waals surface area contributed by atoms with Gasteiger partial charge in [-0.2, -0.15) is 0 Å². The van der Waals surface area contributed by atoms with Crippen molar-refractivity contribution in [2.45, 2.75) is 46.6 Å². The molecule has 3 rings (SSSR count). The number of nitrogens with one attached hydrogen (secondary N) is 1. The van der Waals surface area contributed by atoms with Crippen LogP contribution in [0.3, 0.4) is 0 Å². The molecule has 10 heteroatoms. The summed E-state index contributed by atoms with van der Waals surface area (Å²) in [6.45, 7) is 7.03. The molecule has 2 aromatic heterocycles. The Morgan fingerprint density at radius 1 is 1.32 bits per heavy atom. The van der Waals surface area contributed by atoms with Crippen LogP contribution in [-0.4, -0.2) is 58.5 Å². The van der Waals surface area contributed by atoms with E-state index in [4.69, 9.17) is 4.74 Å². The molecule has 168 valence electrons. The molecule has 3 heterocycles. The zero-order chi connectivity index (χ0) is 22.5. The van der Waals surface area contributed by atoms with Crippen molar-refractivity contribution in [1.82, 2.24) is 19.8 Å². The number of rotatable bonds is 7. The van der Waals surface area contributed by atoms with E-state index in [1.54, 1.807) is 18.7 Å². The largest absolute Gasteiger partial charge is 0.466 e. The standard InChI is InChI=1S/C21H28N4O5S/c1-4-8-22-15(26)11-25-12-23-18-16(19(25)27)13(3)17(31-18)20(28)24-9-6-7-14(10-24)21(29)30-5-2/h12,14H,4-11H2,1-3H3,(H,22,26)/t14-/m1/s1. The number of ether oxygens (including phenoxy) is 1. The molecule has 1 saturated heterocycles. The van der Waals surface area contributed by atoms with E-state index in [0.717, 1.165) is 12.8 Å². The van der Waals surface area contributed by atoms with Crippen LogP contribution in [0.2, 0.25) is 0 Å². The van der Waals surface area contributed by atoms with Crippen molar-refractivity contribution >= 4 is 39.3 Å². The fourth-order valence-corrected chi connectivity index (χ4v) is 4.82. The first-order valence-corrected chi connectivity index (χ1v) is 11.4. The van der Waals surface area contributed by atoms with Gasteiger partial charge in [0.2, 0.25) is 5.91 Å². The van der Waals surface area contributed by atoms with Crippen molar-refractivity contribution in [3.63, 3.8) is 0 Å². The van der Waals surface area contributed by atoms with E-state index in [-0.39, 0.29) is 35.8 Å². The van der Waals surface area contributed by atoms with Crippen molar-refractivity contribution in [2.75, 3.05) is 26.2 Å². The van der Waals surface area contributed by atoms with E-state index in [9.17, 15) is 19.2 Å². The van der Waals surface area contributed by atoms with E-state index in [2.05, 4.69) is 10.3 Å². The van der Waals surface area contributed by atoms with Gasteiger partial charge >= 0.3 is 5.97 Å². The van der Waals surface area contributed by atoms with Crippen LogP contribution >= 0.6 is 11.3 Å². The third-order valence-corrected chi connectivity index (χ3v) is 6.51. The van der Waals surface area contributed by atoms with Gasteiger partial charge in [-0.15, -0.1) is 11.3 Å². The van der Waals surface area contributed by atoms with Gasteiger partial charge in [0.05, 0.1) is 29.1 Å². The first-order chi connectivity index (χ1) is 14.9. The molecule has 2 aromatic rings. The molecule has 0 unspecified atom stereocenters. The highest BCUT2D eigenvalue weighted by Gasteiger charge is 2.31. The highest BCUT2D eigenvalue weighted by Crippen LogP contribution is 2.29. The number of hydrogen-bond donors (Lipinski definition) is 1. The maximum atomic E-state index is 13.2. The molecule has 0 saturated carbocycles. The summed E-state index contributed by atoms with van der Waals surface area (Å²) in [5.41, 5.74) is 0.219. The second kappa shape index (κ2) is 10.0. The number of esters is 1. The van der Waals surface area contributed by atoms with Crippen LogP contribution in [0.4, 0.5) is 0 Å². The Balaban J connectivity index is 1.84. The van der Waals surface area contributed by atoms with Crippen molar-refractivity contribution in [3.8, 4) is 0 Å². The summed E-state index contributed by atoms with van der Waals surface area (Å²) in [7, 11) is 0. The number of aromatic nitrogens is 2. The van der Waals surface area contributed by atoms with E-state index < -0.39 is 0 Å². The molecule has 31 heavy (non-hydrogen) atoms. The number of likely N-dealkylation sites (tertiary alicyclic amines) is 1. The Hall–Kier alpha value is -2.75. The number of aryl methyl sites for hydroxylation is 1. The average Bonchev–Trinajstić information content (AvgIpc) is 3.11. The number of thiophene rings is 1. The predicted molar refractivity (Wildman–Crippen MR) is 117 cm³/mol. The van der Waals surface area contributed by atoms with Crippen LogP contribution < -0.4 is 10.9 Å². The second-order valence-electron chi connectivity index (χ2n) is 7.61. The van der Waals surface area contributed by atoms with E-state index >= 15 is 0 Å². The zero-order valence-electron chi connectivity index (χ0n) is 18.1. The average molecular weight is 449 g/mol. The van der Waals surface area contributed by atoms with Gasteiger partial charge in [0, 0.05) is 19.6 Å². The molecule has 1 atom stereocenters. The molecule has 1 fully saturated rings. The van der Waals surface area contributed by atoms with Gasteiger partial charge in [0.25, 0.3) is 11.5 Å². The van der Waals surface area contributed by atoms with Crippen molar-refractivity contribution < 1.29 is 19.1 Å². The third kappa shape index (κ3) is 4.95. The van der Waals surface area contributed by atoms with Gasteiger partial charge in [-0.25, -0.2) is 4.98 Å². The molecule has 0 radical (unpaired) electrons. The lowest BCUT2D eigenvalue weighted by molar-refractivity contribution is -0.149. The molecule has 0 spiro atoms.